The van der Waals surface area contributed by atoms with E-state index in [1.807, 2.05) is 18.2 Å². The first-order chi connectivity index (χ1) is 11.2. The molecular weight excluding hydrogens is 287 g/mol. The van der Waals surface area contributed by atoms with Crippen LogP contribution in [0, 0.1) is 5.82 Å². The van der Waals surface area contributed by atoms with Crippen molar-refractivity contribution in [1.29, 1.82) is 0 Å². The van der Waals surface area contributed by atoms with Crippen LogP contribution in [0.15, 0.2) is 61.2 Å². The molecule has 2 heterocycles. The summed E-state index contributed by atoms with van der Waals surface area (Å²) in [6, 6.07) is 15.5. The van der Waals surface area contributed by atoms with Crippen LogP contribution in [0.3, 0.4) is 0 Å². The highest BCUT2D eigenvalue weighted by Crippen LogP contribution is 2.56. The Kier molecular flexibility index (Phi) is 3.27. The second kappa shape index (κ2) is 5.20. The number of rotatable bonds is 3. The number of hydrogen-bond acceptors (Lipinski definition) is 2. The van der Waals surface area contributed by atoms with Gasteiger partial charge in [-0.1, -0.05) is 36.4 Å². The molecule has 2 aliphatic heterocycles. The quantitative estimate of drug-likeness (QED) is 0.858. The molecule has 23 heavy (non-hydrogen) atoms. The summed E-state index contributed by atoms with van der Waals surface area (Å²) in [5, 5.41) is 3.61. The zero-order valence-electron chi connectivity index (χ0n) is 13.3. The molecular formula is C20H21FN2. The average Bonchev–Trinajstić information content (AvgIpc) is 3.05. The lowest BCUT2D eigenvalue weighted by molar-refractivity contribution is 0.270. The summed E-state index contributed by atoms with van der Waals surface area (Å²) in [7, 11) is 2.13. The molecule has 118 valence electrons. The van der Waals surface area contributed by atoms with Crippen molar-refractivity contribution in [2.24, 2.45) is 0 Å². The largest absolute Gasteiger partial charge is 0.369 e. The van der Waals surface area contributed by atoms with Crippen molar-refractivity contribution in [2.75, 3.05) is 18.9 Å². The van der Waals surface area contributed by atoms with Gasteiger partial charge < -0.3 is 5.32 Å². The van der Waals surface area contributed by atoms with Crippen LogP contribution in [-0.2, 0) is 5.41 Å². The van der Waals surface area contributed by atoms with Crippen molar-refractivity contribution < 1.29 is 4.39 Å². The molecule has 2 aromatic rings. The van der Waals surface area contributed by atoms with Crippen molar-refractivity contribution in [3.63, 3.8) is 0 Å². The number of halogens is 1. The van der Waals surface area contributed by atoms with E-state index < -0.39 is 0 Å². The average molecular weight is 308 g/mol. The lowest BCUT2D eigenvalue weighted by Gasteiger charge is -2.38. The molecule has 0 aromatic heterocycles. The van der Waals surface area contributed by atoms with Crippen LogP contribution in [0.4, 0.5) is 10.1 Å². The van der Waals surface area contributed by atoms with Crippen LogP contribution in [-0.4, -0.2) is 24.7 Å². The van der Waals surface area contributed by atoms with E-state index in [-0.39, 0.29) is 23.3 Å². The van der Waals surface area contributed by atoms with E-state index in [4.69, 9.17) is 0 Å². The van der Waals surface area contributed by atoms with Crippen molar-refractivity contribution >= 4 is 5.69 Å². The van der Waals surface area contributed by atoms with E-state index in [1.165, 1.54) is 11.6 Å². The van der Waals surface area contributed by atoms with Gasteiger partial charge >= 0.3 is 0 Å². The van der Waals surface area contributed by atoms with E-state index in [0.717, 1.165) is 24.2 Å². The Bertz CT molecular complexity index is 743. The molecule has 1 N–H and O–H groups in total. The molecule has 0 radical (unpaired) electrons. The molecule has 0 aliphatic carbocycles. The van der Waals surface area contributed by atoms with Gasteiger partial charge in [-0.2, -0.15) is 0 Å². The van der Waals surface area contributed by atoms with E-state index in [1.54, 1.807) is 6.07 Å². The van der Waals surface area contributed by atoms with Gasteiger partial charge in [0.1, 0.15) is 5.82 Å². The van der Waals surface area contributed by atoms with Crippen molar-refractivity contribution in [1.82, 2.24) is 4.90 Å². The Morgan fingerprint density at radius 3 is 2.83 bits per heavy atom. The van der Waals surface area contributed by atoms with Gasteiger partial charge in [-0.3, -0.25) is 4.90 Å². The highest BCUT2D eigenvalue weighted by atomic mass is 19.1. The minimum Gasteiger partial charge on any atom is -0.369 e. The first kappa shape index (κ1) is 14.5. The fraction of sp³-hybridized carbons (Fsp3) is 0.300. The number of nitrogens with one attached hydrogen (secondary N) is 1. The number of benzene rings is 2. The summed E-state index contributed by atoms with van der Waals surface area (Å²) >= 11 is 0. The molecule has 1 saturated heterocycles. The number of fused-ring (bicyclic) bond motifs is 3. The van der Waals surface area contributed by atoms with Gasteiger partial charge in [0.2, 0.25) is 0 Å². The Balaban J connectivity index is 1.92. The molecule has 1 fully saturated rings. The predicted molar refractivity (Wildman–Crippen MR) is 92.1 cm³/mol. The van der Waals surface area contributed by atoms with E-state index >= 15 is 0 Å². The second-order valence-corrected chi connectivity index (χ2v) is 6.63. The maximum Gasteiger partial charge on any atom is 0.123 e. The number of likely N-dealkylation sites (N-methyl/N-ethyl adjacent to an activating group) is 1. The third-order valence-electron chi connectivity index (χ3n) is 5.53. The van der Waals surface area contributed by atoms with Crippen LogP contribution in [0.2, 0.25) is 0 Å². The summed E-state index contributed by atoms with van der Waals surface area (Å²) < 4.78 is 14.0. The Morgan fingerprint density at radius 2 is 2.09 bits per heavy atom. The van der Waals surface area contributed by atoms with Gasteiger partial charge in [-0.25, -0.2) is 4.39 Å². The molecule has 0 saturated carbocycles. The van der Waals surface area contributed by atoms with Gasteiger partial charge in [0.05, 0.1) is 6.17 Å². The van der Waals surface area contributed by atoms with E-state index in [9.17, 15) is 4.39 Å². The molecule has 1 unspecified atom stereocenters. The van der Waals surface area contributed by atoms with Gasteiger partial charge in [0.15, 0.2) is 0 Å². The summed E-state index contributed by atoms with van der Waals surface area (Å²) in [6.45, 7) is 5.11. The molecule has 2 aromatic carbocycles. The second-order valence-electron chi connectivity index (χ2n) is 6.63. The van der Waals surface area contributed by atoms with Crippen LogP contribution in [0.5, 0.6) is 0 Å². The predicted octanol–water partition coefficient (Wildman–Crippen LogP) is 4.12. The van der Waals surface area contributed by atoms with Crippen LogP contribution in [0.1, 0.15) is 23.5 Å². The summed E-state index contributed by atoms with van der Waals surface area (Å²) in [5.74, 6) is -0.0230. The first-order valence-electron chi connectivity index (χ1n) is 8.11. The molecule has 4 rings (SSSR count). The van der Waals surface area contributed by atoms with Crippen LogP contribution < -0.4 is 5.32 Å². The number of hydrogen-bond donors (Lipinski definition) is 1. The van der Waals surface area contributed by atoms with Gasteiger partial charge in [0, 0.05) is 23.6 Å². The fourth-order valence-corrected chi connectivity index (χ4v) is 4.51. The van der Waals surface area contributed by atoms with E-state index in [0.29, 0.717) is 0 Å². The van der Waals surface area contributed by atoms with Crippen molar-refractivity contribution in [3.05, 3.63) is 78.1 Å². The maximum absolute atomic E-state index is 14.0. The molecule has 0 amide bonds. The fourth-order valence-electron chi connectivity index (χ4n) is 4.51. The zero-order chi connectivity index (χ0) is 16.0. The van der Waals surface area contributed by atoms with Crippen molar-refractivity contribution in [3.8, 4) is 0 Å². The monoisotopic (exact) mass is 308 g/mol. The summed E-state index contributed by atoms with van der Waals surface area (Å²) in [4.78, 5) is 2.33. The molecule has 2 aliphatic rings. The normalized spacial score (nSPS) is 27.1. The maximum atomic E-state index is 14.0. The number of allylic oxidation sites excluding steroid dienone is 1. The van der Waals surface area contributed by atoms with Gasteiger partial charge in [0.25, 0.3) is 0 Å². The third-order valence-corrected chi connectivity index (χ3v) is 5.53. The summed E-state index contributed by atoms with van der Waals surface area (Å²) in [5.41, 5.74) is 3.20. The SMILES string of the molecule is C=C[C@@H](c1ccccc1)[C@@]12CCN(C)C1Nc1ccc(F)cc12. The van der Waals surface area contributed by atoms with Crippen molar-refractivity contribution in [2.45, 2.75) is 23.9 Å². The molecule has 0 bridgehead atoms. The minimum absolute atomic E-state index is 0.147. The molecule has 2 nitrogen and oxygen atoms in total. The number of likely N-dealkylation sites (tertiary alicyclic amines) is 1. The third kappa shape index (κ3) is 1.96. The summed E-state index contributed by atoms with van der Waals surface area (Å²) in [6.07, 6.45) is 3.19. The highest BCUT2D eigenvalue weighted by Gasteiger charge is 2.56. The standard InChI is InChI=1S/C20H21FN2/c1-3-16(14-7-5-4-6-8-14)20-11-12-23(2)19(20)22-18-10-9-15(21)13-17(18)20/h3-10,13,16,19,22H,1,11-12H2,2H3/t16-,19?,20+/m0/s1. The first-order valence-corrected chi connectivity index (χ1v) is 8.11. The molecule has 3 atom stereocenters. The molecule has 0 spiro atoms. The van der Waals surface area contributed by atoms with Crippen LogP contribution >= 0.6 is 0 Å². The Hall–Kier alpha value is -2.13. The topological polar surface area (TPSA) is 15.3 Å². The Labute approximate surface area is 136 Å². The lowest BCUT2D eigenvalue weighted by atomic mass is 9.66. The highest BCUT2D eigenvalue weighted by molar-refractivity contribution is 5.65. The smallest absolute Gasteiger partial charge is 0.123 e. The number of anilines is 1. The minimum atomic E-state index is -0.171. The zero-order valence-corrected chi connectivity index (χ0v) is 13.3. The lowest BCUT2D eigenvalue weighted by Crippen LogP contribution is -2.45. The van der Waals surface area contributed by atoms with Gasteiger partial charge in [-0.05, 0) is 42.8 Å². The van der Waals surface area contributed by atoms with E-state index in [2.05, 4.69) is 48.1 Å². The number of nitrogens with zero attached hydrogens (tertiary/aromatic N) is 1. The van der Waals surface area contributed by atoms with Gasteiger partial charge in [-0.15, -0.1) is 6.58 Å². The molecule has 3 heteroatoms. The Morgan fingerprint density at radius 1 is 1.30 bits per heavy atom. The van der Waals surface area contributed by atoms with Crippen LogP contribution in [0.25, 0.3) is 0 Å².